The highest BCUT2D eigenvalue weighted by Gasteiger charge is 1.92. The van der Waals surface area contributed by atoms with E-state index in [1.165, 1.54) is 38.6 Å². The highest BCUT2D eigenvalue weighted by molar-refractivity contribution is 4.73. The molecule has 3 heteroatoms. The van der Waals surface area contributed by atoms with E-state index in [1.807, 2.05) is 18.7 Å². The second kappa shape index (κ2) is 8.48. The molecular weight excluding hydrogens is 186 g/mol. The zero-order valence-electron chi connectivity index (χ0n) is 9.78. The molecule has 3 nitrogen and oxygen atoms in total. The molecule has 0 bridgehead atoms. The van der Waals surface area contributed by atoms with E-state index in [0.29, 0.717) is 0 Å². The second-order valence-electron chi connectivity index (χ2n) is 3.96. The summed E-state index contributed by atoms with van der Waals surface area (Å²) >= 11 is 0. The first-order valence-electron chi connectivity index (χ1n) is 6.10. The molecule has 15 heavy (non-hydrogen) atoms. The summed E-state index contributed by atoms with van der Waals surface area (Å²) < 4.78 is 2.15. The first kappa shape index (κ1) is 12.2. The van der Waals surface area contributed by atoms with Crippen molar-refractivity contribution in [3.05, 3.63) is 18.7 Å². The second-order valence-corrected chi connectivity index (χ2v) is 3.96. The molecule has 0 saturated heterocycles. The van der Waals surface area contributed by atoms with Crippen molar-refractivity contribution >= 4 is 0 Å². The number of imidazole rings is 1. The summed E-state index contributed by atoms with van der Waals surface area (Å²) in [5.41, 5.74) is 0. The van der Waals surface area contributed by atoms with Crippen LogP contribution in [-0.4, -0.2) is 22.6 Å². The van der Waals surface area contributed by atoms with Crippen LogP contribution >= 0.6 is 0 Å². The lowest BCUT2D eigenvalue weighted by Gasteiger charge is -2.03. The minimum atomic E-state index is 1.11. The van der Waals surface area contributed by atoms with Crippen molar-refractivity contribution in [1.82, 2.24) is 14.9 Å². The predicted octanol–water partition coefficient (Wildman–Crippen LogP) is 2.44. The van der Waals surface area contributed by atoms with Gasteiger partial charge < -0.3 is 9.88 Å². The molecule has 0 unspecified atom stereocenters. The fourth-order valence-electron chi connectivity index (χ4n) is 1.62. The molecule has 1 N–H and O–H groups in total. The number of hydrogen-bond acceptors (Lipinski definition) is 2. The third kappa shape index (κ3) is 6.28. The van der Waals surface area contributed by atoms with Crippen LogP contribution in [0.25, 0.3) is 0 Å². The zero-order chi connectivity index (χ0) is 10.8. The number of unbranched alkanes of at least 4 members (excludes halogenated alkanes) is 3. The van der Waals surface area contributed by atoms with E-state index in [-0.39, 0.29) is 0 Å². The molecule has 1 heterocycles. The van der Waals surface area contributed by atoms with E-state index in [2.05, 4.69) is 21.8 Å². The molecule has 0 aliphatic heterocycles. The summed E-state index contributed by atoms with van der Waals surface area (Å²) in [5, 5.41) is 3.42. The largest absolute Gasteiger partial charge is 0.337 e. The summed E-state index contributed by atoms with van der Waals surface area (Å²) in [6, 6.07) is 0. The first-order valence-corrected chi connectivity index (χ1v) is 6.10. The van der Waals surface area contributed by atoms with Crippen molar-refractivity contribution in [2.24, 2.45) is 0 Å². The van der Waals surface area contributed by atoms with Crippen molar-refractivity contribution < 1.29 is 0 Å². The standard InChI is InChI=1S/C12H23N3/c1-2-7-13-8-5-3-4-6-10-15-11-9-14-12-15/h9,11-13H,2-8,10H2,1H3. The number of rotatable bonds is 9. The van der Waals surface area contributed by atoms with Gasteiger partial charge in [-0.25, -0.2) is 4.98 Å². The molecule has 0 spiro atoms. The highest BCUT2D eigenvalue weighted by Crippen LogP contribution is 2.01. The normalized spacial score (nSPS) is 10.7. The van der Waals surface area contributed by atoms with Gasteiger partial charge in [0.2, 0.25) is 0 Å². The van der Waals surface area contributed by atoms with Crippen LogP contribution in [0.15, 0.2) is 18.7 Å². The summed E-state index contributed by atoms with van der Waals surface area (Å²) in [6.07, 6.45) is 12.2. The Labute approximate surface area is 92.9 Å². The van der Waals surface area contributed by atoms with Gasteiger partial charge in [0.25, 0.3) is 0 Å². The maximum Gasteiger partial charge on any atom is 0.0945 e. The Kier molecular flexibility index (Phi) is 6.92. The number of aromatic nitrogens is 2. The SMILES string of the molecule is CCCNCCCCCCn1ccnc1. The van der Waals surface area contributed by atoms with E-state index in [4.69, 9.17) is 0 Å². The van der Waals surface area contributed by atoms with Crippen LogP contribution in [0, 0.1) is 0 Å². The van der Waals surface area contributed by atoms with Gasteiger partial charge in [-0.15, -0.1) is 0 Å². The monoisotopic (exact) mass is 209 g/mol. The number of nitrogens with zero attached hydrogens (tertiary/aromatic N) is 2. The van der Waals surface area contributed by atoms with E-state index < -0.39 is 0 Å². The lowest BCUT2D eigenvalue weighted by atomic mass is 10.2. The number of aryl methyl sites for hydroxylation is 1. The summed E-state index contributed by atoms with van der Waals surface area (Å²) in [6.45, 7) is 5.66. The zero-order valence-corrected chi connectivity index (χ0v) is 9.78. The Bertz CT molecular complexity index is 219. The summed E-state index contributed by atoms with van der Waals surface area (Å²) in [5.74, 6) is 0. The lowest BCUT2D eigenvalue weighted by Crippen LogP contribution is -2.15. The smallest absolute Gasteiger partial charge is 0.0945 e. The van der Waals surface area contributed by atoms with Gasteiger partial charge in [0.05, 0.1) is 6.33 Å². The van der Waals surface area contributed by atoms with Gasteiger partial charge in [0, 0.05) is 18.9 Å². The maximum absolute atomic E-state index is 4.02. The minimum absolute atomic E-state index is 1.11. The quantitative estimate of drug-likeness (QED) is 0.633. The molecule has 0 radical (unpaired) electrons. The maximum atomic E-state index is 4.02. The Hall–Kier alpha value is -0.830. The molecular formula is C12H23N3. The third-order valence-corrected chi connectivity index (χ3v) is 2.51. The molecule has 1 rings (SSSR count). The van der Waals surface area contributed by atoms with E-state index in [1.54, 1.807) is 0 Å². The fraction of sp³-hybridized carbons (Fsp3) is 0.750. The molecule has 0 aliphatic rings. The molecule has 0 aromatic carbocycles. The van der Waals surface area contributed by atoms with Crippen LogP contribution < -0.4 is 5.32 Å². The van der Waals surface area contributed by atoms with Crippen LogP contribution in [0.3, 0.4) is 0 Å². The Balaban J connectivity index is 1.81. The van der Waals surface area contributed by atoms with Crippen LogP contribution in [0.5, 0.6) is 0 Å². The molecule has 1 aromatic heterocycles. The molecule has 1 aromatic rings. The Morgan fingerprint density at radius 1 is 1.13 bits per heavy atom. The minimum Gasteiger partial charge on any atom is -0.337 e. The predicted molar refractivity (Wildman–Crippen MR) is 63.9 cm³/mol. The molecule has 86 valence electrons. The summed E-state index contributed by atoms with van der Waals surface area (Å²) in [4.78, 5) is 4.02. The van der Waals surface area contributed by atoms with Crippen molar-refractivity contribution in [3.8, 4) is 0 Å². The van der Waals surface area contributed by atoms with Crippen LogP contribution in [0.4, 0.5) is 0 Å². The lowest BCUT2D eigenvalue weighted by molar-refractivity contribution is 0.550. The Morgan fingerprint density at radius 2 is 2.00 bits per heavy atom. The molecule has 0 saturated carbocycles. The fourth-order valence-corrected chi connectivity index (χ4v) is 1.62. The topological polar surface area (TPSA) is 29.9 Å². The Morgan fingerprint density at radius 3 is 2.73 bits per heavy atom. The highest BCUT2D eigenvalue weighted by atomic mass is 15.0. The molecule has 0 fully saturated rings. The van der Waals surface area contributed by atoms with Gasteiger partial charge in [-0.3, -0.25) is 0 Å². The average molecular weight is 209 g/mol. The van der Waals surface area contributed by atoms with Gasteiger partial charge in [-0.05, 0) is 32.4 Å². The molecule has 0 atom stereocenters. The molecule has 0 amide bonds. The third-order valence-electron chi connectivity index (χ3n) is 2.51. The van der Waals surface area contributed by atoms with Crippen molar-refractivity contribution in [2.75, 3.05) is 13.1 Å². The van der Waals surface area contributed by atoms with Crippen molar-refractivity contribution in [1.29, 1.82) is 0 Å². The van der Waals surface area contributed by atoms with Crippen LogP contribution in [0.1, 0.15) is 39.0 Å². The van der Waals surface area contributed by atoms with Gasteiger partial charge in [0.1, 0.15) is 0 Å². The molecule has 0 aliphatic carbocycles. The average Bonchev–Trinajstić information content (AvgIpc) is 2.75. The first-order chi connectivity index (χ1) is 7.43. The van der Waals surface area contributed by atoms with E-state index >= 15 is 0 Å². The van der Waals surface area contributed by atoms with E-state index in [9.17, 15) is 0 Å². The van der Waals surface area contributed by atoms with Crippen LogP contribution in [-0.2, 0) is 6.54 Å². The number of hydrogen-bond donors (Lipinski definition) is 1. The number of nitrogens with one attached hydrogen (secondary N) is 1. The van der Waals surface area contributed by atoms with E-state index in [0.717, 1.165) is 13.1 Å². The summed E-state index contributed by atoms with van der Waals surface area (Å²) in [7, 11) is 0. The van der Waals surface area contributed by atoms with Crippen molar-refractivity contribution in [3.63, 3.8) is 0 Å². The van der Waals surface area contributed by atoms with Crippen LogP contribution in [0.2, 0.25) is 0 Å². The van der Waals surface area contributed by atoms with Gasteiger partial charge >= 0.3 is 0 Å². The van der Waals surface area contributed by atoms with Gasteiger partial charge in [-0.1, -0.05) is 19.8 Å². The van der Waals surface area contributed by atoms with Gasteiger partial charge in [0.15, 0.2) is 0 Å². The van der Waals surface area contributed by atoms with Crippen molar-refractivity contribution in [2.45, 2.75) is 45.6 Å². The van der Waals surface area contributed by atoms with Gasteiger partial charge in [-0.2, -0.15) is 0 Å².